The van der Waals surface area contributed by atoms with E-state index in [1.807, 2.05) is 53.7 Å². The fourth-order valence-electron chi connectivity index (χ4n) is 5.53. The molecule has 226 valence electrons. The van der Waals surface area contributed by atoms with Gasteiger partial charge in [-0.05, 0) is 63.3 Å². The number of carbonyl (C=O) groups is 4. The number of ether oxygens (including phenoxy) is 5. The van der Waals surface area contributed by atoms with E-state index in [0.717, 1.165) is 27.8 Å². The molecule has 42 heavy (non-hydrogen) atoms. The van der Waals surface area contributed by atoms with Crippen LogP contribution < -0.4 is 14.2 Å². The van der Waals surface area contributed by atoms with Gasteiger partial charge in [0.25, 0.3) is 0 Å². The number of benzene rings is 2. The first kappa shape index (κ1) is 32.4. The molecule has 2 aromatic carbocycles. The molecule has 0 atom stereocenters. The highest BCUT2D eigenvalue weighted by Crippen LogP contribution is 2.44. The fourth-order valence-corrected chi connectivity index (χ4v) is 5.53. The zero-order chi connectivity index (χ0) is 31.4. The van der Waals surface area contributed by atoms with Gasteiger partial charge in [0.2, 0.25) is 0 Å². The summed E-state index contributed by atoms with van der Waals surface area (Å²) in [7, 11) is 2.87. The molecular weight excluding hydrogens is 540 g/mol. The summed E-state index contributed by atoms with van der Waals surface area (Å²) in [5, 5.41) is 0. The SMILES string of the molecule is COC(=O)CC/C(C)=C/Cc1c(OC)c(C)c2c(c1OC(=O)CC(C)(C)c1c(C)cc(C)cc1OC(C)=O)C(=O)OC2. The Hall–Kier alpha value is -4.14. The molecule has 3 rings (SSSR count). The molecule has 9 heteroatoms. The topological polar surface area (TPSA) is 114 Å². The smallest absolute Gasteiger partial charge is 0.342 e. The van der Waals surface area contributed by atoms with Crippen LogP contribution in [-0.2, 0) is 42.3 Å². The van der Waals surface area contributed by atoms with Crippen LogP contribution in [0.1, 0.15) is 90.7 Å². The summed E-state index contributed by atoms with van der Waals surface area (Å²) in [4.78, 5) is 49.9. The highest BCUT2D eigenvalue weighted by atomic mass is 16.6. The van der Waals surface area contributed by atoms with Crippen molar-refractivity contribution in [1.82, 2.24) is 0 Å². The average molecular weight is 581 g/mol. The van der Waals surface area contributed by atoms with E-state index in [0.29, 0.717) is 29.0 Å². The van der Waals surface area contributed by atoms with E-state index in [2.05, 4.69) is 0 Å². The minimum absolute atomic E-state index is 0.0506. The lowest BCUT2D eigenvalue weighted by atomic mass is 9.78. The Bertz CT molecular complexity index is 1450. The summed E-state index contributed by atoms with van der Waals surface area (Å²) in [6.45, 7) is 12.7. The molecule has 0 saturated heterocycles. The van der Waals surface area contributed by atoms with Crippen molar-refractivity contribution in [3.63, 3.8) is 0 Å². The van der Waals surface area contributed by atoms with Gasteiger partial charge < -0.3 is 23.7 Å². The number of cyclic esters (lactones) is 1. The van der Waals surface area contributed by atoms with Crippen molar-refractivity contribution in [2.45, 2.75) is 86.2 Å². The molecule has 1 aliphatic heterocycles. The van der Waals surface area contributed by atoms with Gasteiger partial charge >= 0.3 is 23.9 Å². The standard InChI is InChI=1S/C33H40O9/c1-18(11-13-26(35)38-8)10-12-23-30(39-9)21(4)24-17-40-32(37)28(24)31(23)42-27(36)16-33(6,7)29-20(3)14-19(2)15-25(29)41-22(5)34/h10,14-15H,11-13,16-17H2,1-9H3/b18-10+. The molecule has 1 aliphatic rings. The fraction of sp³-hybridized carbons (Fsp3) is 0.455. The van der Waals surface area contributed by atoms with E-state index in [1.54, 1.807) is 6.07 Å². The predicted octanol–water partition coefficient (Wildman–Crippen LogP) is 5.93. The van der Waals surface area contributed by atoms with Crippen LogP contribution in [0.5, 0.6) is 17.2 Å². The Morgan fingerprint density at radius 1 is 0.976 bits per heavy atom. The Kier molecular flexibility index (Phi) is 10.2. The van der Waals surface area contributed by atoms with Gasteiger partial charge in [-0.15, -0.1) is 0 Å². The second-order valence-corrected chi connectivity index (χ2v) is 11.3. The number of fused-ring (bicyclic) bond motifs is 1. The maximum atomic E-state index is 13.6. The molecule has 0 unspecified atom stereocenters. The van der Waals surface area contributed by atoms with Crippen LogP contribution in [0.2, 0.25) is 0 Å². The lowest BCUT2D eigenvalue weighted by molar-refractivity contribution is -0.140. The quantitative estimate of drug-likeness (QED) is 0.181. The maximum Gasteiger partial charge on any atom is 0.342 e. The minimum atomic E-state index is -0.789. The van der Waals surface area contributed by atoms with E-state index in [1.165, 1.54) is 21.1 Å². The molecule has 0 aliphatic carbocycles. The molecule has 0 radical (unpaired) electrons. The van der Waals surface area contributed by atoms with Gasteiger partial charge in [-0.25, -0.2) is 4.79 Å². The monoisotopic (exact) mass is 580 g/mol. The minimum Gasteiger partial charge on any atom is -0.496 e. The van der Waals surface area contributed by atoms with Crippen LogP contribution in [-0.4, -0.2) is 38.1 Å². The first-order chi connectivity index (χ1) is 19.7. The summed E-state index contributed by atoms with van der Waals surface area (Å²) in [5.74, 6) is -0.917. The van der Waals surface area contributed by atoms with Gasteiger partial charge in [-0.1, -0.05) is 31.6 Å². The van der Waals surface area contributed by atoms with E-state index in [-0.39, 0.29) is 43.2 Å². The van der Waals surface area contributed by atoms with Crippen molar-refractivity contribution in [3.8, 4) is 17.2 Å². The molecule has 1 heterocycles. The van der Waals surface area contributed by atoms with Gasteiger partial charge in [0, 0.05) is 35.4 Å². The third-order valence-corrected chi connectivity index (χ3v) is 7.41. The second-order valence-electron chi connectivity index (χ2n) is 11.3. The summed E-state index contributed by atoms with van der Waals surface area (Å²) in [5.41, 5.74) is 4.74. The predicted molar refractivity (Wildman–Crippen MR) is 156 cm³/mol. The van der Waals surface area contributed by atoms with E-state index in [9.17, 15) is 19.2 Å². The highest BCUT2D eigenvalue weighted by molar-refractivity contribution is 5.99. The summed E-state index contributed by atoms with van der Waals surface area (Å²) < 4.78 is 27.3. The number of hydrogen-bond donors (Lipinski definition) is 0. The van der Waals surface area contributed by atoms with Gasteiger partial charge in [-0.2, -0.15) is 0 Å². The van der Waals surface area contributed by atoms with E-state index >= 15 is 0 Å². The summed E-state index contributed by atoms with van der Waals surface area (Å²) >= 11 is 0. The second kappa shape index (κ2) is 13.2. The van der Waals surface area contributed by atoms with Gasteiger partial charge in [-0.3, -0.25) is 14.4 Å². The average Bonchev–Trinajstić information content (AvgIpc) is 3.28. The molecular formula is C33H40O9. The highest BCUT2D eigenvalue weighted by Gasteiger charge is 2.36. The third kappa shape index (κ3) is 7.19. The first-order valence-electron chi connectivity index (χ1n) is 13.8. The summed E-state index contributed by atoms with van der Waals surface area (Å²) in [6, 6.07) is 3.74. The molecule has 9 nitrogen and oxygen atoms in total. The van der Waals surface area contributed by atoms with Crippen LogP contribution in [0.4, 0.5) is 0 Å². The molecule has 0 fully saturated rings. The Morgan fingerprint density at radius 3 is 2.29 bits per heavy atom. The zero-order valence-corrected chi connectivity index (χ0v) is 25.9. The Balaban J connectivity index is 2.02. The zero-order valence-electron chi connectivity index (χ0n) is 25.9. The lowest BCUT2D eigenvalue weighted by Gasteiger charge is -2.29. The normalized spacial score (nSPS) is 12.9. The Labute approximate surface area is 247 Å². The molecule has 0 bridgehead atoms. The maximum absolute atomic E-state index is 13.6. The molecule has 0 N–H and O–H groups in total. The molecule has 2 aromatic rings. The van der Waals surface area contributed by atoms with Crippen molar-refractivity contribution in [2.75, 3.05) is 14.2 Å². The largest absolute Gasteiger partial charge is 0.496 e. The lowest BCUT2D eigenvalue weighted by Crippen LogP contribution is -2.27. The number of rotatable bonds is 11. The molecule has 0 aromatic heterocycles. The van der Waals surface area contributed by atoms with Crippen molar-refractivity contribution in [2.24, 2.45) is 0 Å². The van der Waals surface area contributed by atoms with Crippen LogP contribution in [0.3, 0.4) is 0 Å². The third-order valence-electron chi connectivity index (χ3n) is 7.41. The number of aryl methyl sites for hydroxylation is 2. The molecule has 0 spiro atoms. The Morgan fingerprint density at radius 2 is 1.67 bits per heavy atom. The van der Waals surface area contributed by atoms with E-state index < -0.39 is 23.3 Å². The number of allylic oxidation sites excluding steroid dienone is 2. The number of hydrogen-bond acceptors (Lipinski definition) is 9. The van der Waals surface area contributed by atoms with Crippen molar-refractivity contribution in [1.29, 1.82) is 0 Å². The number of methoxy groups -OCH3 is 2. The summed E-state index contributed by atoms with van der Waals surface area (Å²) in [6.07, 6.45) is 2.85. The van der Waals surface area contributed by atoms with Crippen LogP contribution in [0.25, 0.3) is 0 Å². The van der Waals surface area contributed by atoms with Crippen LogP contribution in [0, 0.1) is 20.8 Å². The van der Waals surface area contributed by atoms with Gasteiger partial charge in [0.05, 0.1) is 20.6 Å². The molecule has 0 amide bonds. The first-order valence-corrected chi connectivity index (χ1v) is 13.8. The van der Waals surface area contributed by atoms with Crippen LogP contribution in [0.15, 0.2) is 23.8 Å². The van der Waals surface area contributed by atoms with Crippen LogP contribution >= 0.6 is 0 Å². The van der Waals surface area contributed by atoms with Gasteiger partial charge in [0.15, 0.2) is 5.75 Å². The van der Waals surface area contributed by atoms with E-state index in [4.69, 9.17) is 23.7 Å². The van der Waals surface area contributed by atoms with Crippen molar-refractivity contribution >= 4 is 23.9 Å². The van der Waals surface area contributed by atoms with Crippen molar-refractivity contribution < 1.29 is 42.9 Å². The van der Waals surface area contributed by atoms with Gasteiger partial charge in [0.1, 0.15) is 23.7 Å². The van der Waals surface area contributed by atoms with Crippen molar-refractivity contribution in [3.05, 3.63) is 62.7 Å². The molecule has 0 saturated carbocycles. The number of esters is 4. The number of carbonyl (C=O) groups excluding carboxylic acids is 4.